The van der Waals surface area contributed by atoms with Gasteiger partial charge in [0.2, 0.25) is 5.91 Å². The molecule has 2 N–H and O–H groups in total. The van der Waals surface area contributed by atoms with Crippen LogP contribution in [0, 0.1) is 0 Å². The summed E-state index contributed by atoms with van der Waals surface area (Å²) < 4.78 is 5.81. The number of benzene rings is 2. The number of hydrogen-bond acceptors (Lipinski definition) is 3. The van der Waals surface area contributed by atoms with E-state index in [9.17, 15) is 9.59 Å². The summed E-state index contributed by atoms with van der Waals surface area (Å²) in [5.41, 5.74) is 2.10. The molecule has 150 valence electrons. The van der Waals surface area contributed by atoms with Crippen LogP contribution in [0.15, 0.2) is 42.5 Å². The van der Waals surface area contributed by atoms with Gasteiger partial charge in [0.05, 0.1) is 10.7 Å². The molecule has 0 aliphatic heterocycles. The minimum atomic E-state index is -0.722. The van der Waals surface area contributed by atoms with E-state index in [1.807, 2.05) is 24.3 Å². The molecule has 0 saturated carbocycles. The molecule has 0 aliphatic rings. The van der Waals surface area contributed by atoms with Gasteiger partial charge >= 0.3 is 0 Å². The molecule has 1 unspecified atom stereocenters. The Labute approximate surface area is 171 Å². The van der Waals surface area contributed by atoms with Crippen molar-refractivity contribution in [2.45, 2.75) is 52.6 Å². The molecule has 28 heavy (non-hydrogen) atoms. The van der Waals surface area contributed by atoms with Crippen molar-refractivity contribution in [2.75, 3.05) is 10.6 Å². The van der Waals surface area contributed by atoms with Gasteiger partial charge in [0.1, 0.15) is 5.75 Å². The van der Waals surface area contributed by atoms with Crippen molar-refractivity contribution in [2.24, 2.45) is 0 Å². The lowest BCUT2D eigenvalue weighted by molar-refractivity contribution is -0.122. The zero-order chi connectivity index (χ0) is 20.9. The normalized spacial score (nSPS) is 12.2. The van der Waals surface area contributed by atoms with Crippen molar-refractivity contribution >= 4 is 34.8 Å². The lowest BCUT2D eigenvalue weighted by Crippen LogP contribution is -2.30. The molecule has 0 radical (unpaired) electrons. The van der Waals surface area contributed by atoms with Crippen molar-refractivity contribution in [1.82, 2.24) is 0 Å². The quantitative estimate of drug-likeness (QED) is 0.680. The van der Waals surface area contributed by atoms with E-state index in [4.69, 9.17) is 16.3 Å². The van der Waals surface area contributed by atoms with Crippen LogP contribution in [0.3, 0.4) is 0 Å². The van der Waals surface area contributed by atoms with Crippen LogP contribution >= 0.6 is 11.6 Å². The number of rotatable bonds is 6. The van der Waals surface area contributed by atoms with Crippen LogP contribution < -0.4 is 15.4 Å². The smallest absolute Gasteiger partial charge is 0.265 e. The minimum absolute atomic E-state index is 0.0121. The highest BCUT2D eigenvalue weighted by molar-refractivity contribution is 6.34. The molecule has 6 heteroatoms. The first-order valence-corrected chi connectivity index (χ1v) is 9.65. The topological polar surface area (TPSA) is 67.4 Å². The Kier molecular flexibility index (Phi) is 7.08. The van der Waals surface area contributed by atoms with Crippen LogP contribution in [-0.2, 0) is 15.0 Å². The summed E-state index contributed by atoms with van der Waals surface area (Å²) in [5, 5.41) is 5.88. The standard InChI is InChI=1S/C22H27ClN2O3/c1-6-20(26)24-16-10-11-18(23)19(13-16)25-21(27)14(2)28-17-9-7-8-15(12-17)22(3,4)5/h7-14H,6H2,1-5H3,(H,24,26)(H,25,27). The molecule has 2 aromatic carbocycles. The highest BCUT2D eigenvalue weighted by atomic mass is 35.5. The molecule has 0 aromatic heterocycles. The van der Waals surface area contributed by atoms with E-state index in [0.29, 0.717) is 28.6 Å². The number of hydrogen-bond donors (Lipinski definition) is 2. The maximum absolute atomic E-state index is 12.6. The van der Waals surface area contributed by atoms with Crippen molar-refractivity contribution < 1.29 is 14.3 Å². The highest BCUT2D eigenvalue weighted by Crippen LogP contribution is 2.28. The van der Waals surface area contributed by atoms with Gasteiger partial charge in [-0.15, -0.1) is 0 Å². The fourth-order valence-corrected chi connectivity index (χ4v) is 2.64. The Morgan fingerprint density at radius 3 is 2.46 bits per heavy atom. The van der Waals surface area contributed by atoms with Crippen LogP contribution in [0.25, 0.3) is 0 Å². The minimum Gasteiger partial charge on any atom is -0.481 e. The van der Waals surface area contributed by atoms with Crippen molar-refractivity contribution in [3.05, 3.63) is 53.1 Å². The molecule has 0 fully saturated rings. The molecule has 0 bridgehead atoms. The van der Waals surface area contributed by atoms with Gasteiger partial charge in [-0.1, -0.05) is 51.4 Å². The highest BCUT2D eigenvalue weighted by Gasteiger charge is 2.19. The number of carbonyl (C=O) groups is 2. The third kappa shape index (κ3) is 5.99. The Morgan fingerprint density at radius 2 is 1.82 bits per heavy atom. The summed E-state index contributed by atoms with van der Waals surface area (Å²) in [4.78, 5) is 24.1. The van der Waals surface area contributed by atoms with Crippen LogP contribution in [0.4, 0.5) is 11.4 Å². The first-order valence-electron chi connectivity index (χ1n) is 9.27. The van der Waals surface area contributed by atoms with Gasteiger partial charge in [0.15, 0.2) is 6.10 Å². The molecule has 0 heterocycles. The third-order valence-electron chi connectivity index (χ3n) is 4.21. The summed E-state index contributed by atoms with van der Waals surface area (Å²) >= 11 is 6.18. The number of amides is 2. The summed E-state index contributed by atoms with van der Waals surface area (Å²) in [5.74, 6) is 0.183. The van der Waals surface area contributed by atoms with Gasteiger partial charge < -0.3 is 15.4 Å². The summed E-state index contributed by atoms with van der Waals surface area (Å²) in [6, 6.07) is 12.7. The lowest BCUT2D eigenvalue weighted by atomic mass is 9.87. The average molecular weight is 403 g/mol. The molecule has 2 aromatic rings. The number of anilines is 2. The van der Waals surface area contributed by atoms with E-state index in [1.165, 1.54) is 0 Å². The van der Waals surface area contributed by atoms with Gasteiger partial charge in [-0.2, -0.15) is 0 Å². The molecule has 0 saturated heterocycles. The first kappa shape index (κ1) is 21.8. The van der Waals surface area contributed by atoms with E-state index < -0.39 is 6.10 Å². The second kappa shape index (κ2) is 9.11. The van der Waals surface area contributed by atoms with E-state index in [0.717, 1.165) is 5.56 Å². The maximum atomic E-state index is 12.6. The molecule has 2 amide bonds. The summed E-state index contributed by atoms with van der Waals surface area (Å²) in [6.45, 7) is 9.80. The zero-order valence-corrected chi connectivity index (χ0v) is 17.7. The lowest BCUT2D eigenvalue weighted by Gasteiger charge is -2.21. The molecular formula is C22H27ClN2O3. The van der Waals surface area contributed by atoms with Crippen LogP contribution in [-0.4, -0.2) is 17.9 Å². The molecule has 5 nitrogen and oxygen atoms in total. The number of carbonyl (C=O) groups excluding carboxylic acids is 2. The number of nitrogens with one attached hydrogen (secondary N) is 2. The van der Waals surface area contributed by atoms with E-state index >= 15 is 0 Å². The Hall–Kier alpha value is -2.53. The molecule has 2 rings (SSSR count). The van der Waals surface area contributed by atoms with Crippen LogP contribution in [0.5, 0.6) is 5.75 Å². The fourth-order valence-electron chi connectivity index (χ4n) is 2.48. The summed E-state index contributed by atoms with van der Waals surface area (Å²) in [6.07, 6.45) is -0.358. The molecule has 1 atom stereocenters. The maximum Gasteiger partial charge on any atom is 0.265 e. The van der Waals surface area contributed by atoms with Crippen molar-refractivity contribution in [3.8, 4) is 5.75 Å². The van der Waals surface area contributed by atoms with Gasteiger partial charge in [0, 0.05) is 12.1 Å². The van der Waals surface area contributed by atoms with Gasteiger partial charge in [-0.05, 0) is 48.2 Å². The first-order chi connectivity index (χ1) is 13.1. The monoisotopic (exact) mass is 402 g/mol. The average Bonchev–Trinajstić information content (AvgIpc) is 2.63. The predicted octanol–water partition coefficient (Wildman–Crippen LogP) is 5.39. The van der Waals surface area contributed by atoms with Gasteiger partial charge in [-0.3, -0.25) is 9.59 Å². The van der Waals surface area contributed by atoms with Gasteiger partial charge in [-0.25, -0.2) is 0 Å². The SMILES string of the molecule is CCC(=O)Nc1ccc(Cl)c(NC(=O)C(C)Oc2cccc(C(C)(C)C)c2)c1. The van der Waals surface area contributed by atoms with E-state index in [-0.39, 0.29) is 17.2 Å². The number of ether oxygens (including phenoxy) is 1. The van der Waals surface area contributed by atoms with Gasteiger partial charge in [0.25, 0.3) is 5.91 Å². The van der Waals surface area contributed by atoms with Crippen LogP contribution in [0.2, 0.25) is 5.02 Å². The third-order valence-corrected chi connectivity index (χ3v) is 4.54. The molecule has 0 aliphatic carbocycles. The van der Waals surface area contributed by atoms with E-state index in [2.05, 4.69) is 31.4 Å². The zero-order valence-electron chi connectivity index (χ0n) is 16.9. The fraction of sp³-hybridized carbons (Fsp3) is 0.364. The van der Waals surface area contributed by atoms with Crippen LogP contribution in [0.1, 0.15) is 46.6 Å². The Bertz CT molecular complexity index is 859. The largest absolute Gasteiger partial charge is 0.481 e. The number of halogens is 1. The molecule has 0 spiro atoms. The van der Waals surface area contributed by atoms with E-state index in [1.54, 1.807) is 32.0 Å². The van der Waals surface area contributed by atoms with Crippen molar-refractivity contribution in [3.63, 3.8) is 0 Å². The Morgan fingerprint density at radius 1 is 1.11 bits per heavy atom. The summed E-state index contributed by atoms with van der Waals surface area (Å²) in [7, 11) is 0. The second-order valence-corrected chi connectivity index (χ2v) is 8.03. The Balaban J connectivity index is 2.08. The molecular weight excluding hydrogens is 376 g/mol. The second-order valence-electron chi connectivity index (χ2n) is 7.62. The predicted molar refractivity (Wildman–Crippen MR) is 114 cm³/mol. The van der Waals surface area contributed by atoms with Crippen molar-refractivity contribution in [1.29, 1.82) is 0 Å².